The van der Waals surface area contributed by atoms with Crippen molar-refractivity contribution in [2.24, 2.45) is 0 Å². The van der Waals surface area contributed by atoms with Gasteiger partial charge in [0.05, 0.1) is 0 Å². The number of rotatable bonds is 2. The summed E-state index contributed by atoms with van der Waals surface area (Å²) in [6.45, 7) is 0. The molecule has 2 aliphatic heterocycles. The van der Waals surface area contributed by atoms with Crippen molar-refractivity contribution in [1.29, 1.82) is 0 Å². The van der Waals surface area contributed by atoms with Gasteiger partial charge in [0.1, 0.15) is 17.6 Å². The molecule has 0 aliphatic carbocycles. The Morgan fingerprint density at radius 1 is 1.05 bits per heavy atom. The average Bonchev–Trinajstić information content (AvgIpc) is 2.46. The fourth-order valence-corrected chi connectivity index (χ4v) is 3.85. The van der Waals surface area contributed by atoms with E-state index in [1.165, 1.54) is 19.3 Å². The van der Waals surface area contributed by atoms with Crippen molar-refractivity contribution in [1.82, 2.24) is 5.32 Å². The Morgan fingerprint density at radius 2 is 1.81 bits per heavy atom. The monoisotopic (exact) mass is 283 g/mol. The summed E-state index contributed by atoms with van der Waals surface area (Å²) in [6.07, 6.45) is 6.26. The second kappa shape index (κ2) is 5.23. The van der Waals surface area contributed by atoms with Crippen LogP contribution in [0.25, 0.3) is 10.8 Å². The number of hydrogen-bond acceptors (Lipinski definition) is 3. The minimum Gasteiger partial charge on any atom is -0.508 e. The molecule has 3 heteroatoms. The van der Waals surface area contributed by atoms with E-state index < -0.39 is 0 Å². The lowest BCUT2D eigenvalue weighted by Gasteiger charge is -2.40. The van der Waals surface area contributed by atoms with Crippen LogP contribution in [0.1, 0.15) is 32.1 Å². The van der Waals surface area contributed by atoms with Gasteiger partial charge in [-0.25, -0.2) is 0 Å². The molecule has 4 rings (SSSR count). The van der Waals surface area contributed by atoms with E-state index in [4.69, 9.17) is 4.74 Å². The van der Waals surface area contributed by atoms with Gasteiger partial charge in [-0.1, -0.05) is 30.7 Å². The lowest BCUT2D eigenvalue weighted by Crippen LogP contribution is -2.51. The first-order chi connectivity index (χ1) is 10.3. The van der Waals surface area contributed by atoms with Crippen LogP contribution >= 0.6 is 0 Å². The third-order valence-corrected chi connectivity index (χ3v) is 4.77. The first kappa shape index (κ1) is 13.0. The van der Waals surface area contributed by atoms with Crippen LogP contribution in [0.5, 0.6) is 11.5 Å². The van der Waals surface area contributed by atoms with Crippen LogP contribution in [-0.4, -0.2) is 23.3 Å². The maximum atomic E-state index is 9.91. The minimum atomic E-state index is 0.256. The first-order valence-corrected chi connectivity index (χ1v) is 7.92. The van der Waals surface area contributed by atoms with Gasteiger partial charge in [-0.15, -0.1) is 0 Å². The van der Waals surface area contributed by atoms with Crippen LogP contribution in [0.15, 0.2) is 36.4 Å². The van der Waals surface area contributed by atoms with Crippen LogP contribution in [-0.2, 0) is 0 Å². The molecule has 2 N–H and O–H groups in total. The molecule has 2 atom stereocenters. The molecule has 0 amide bonds. The predicted molar refractivity (Wildman–Crippen MR) is 83.8 cm³/mol. The second-order valence-electron chi connectivity index (χ2n) is 6.37. The SMILES string of the molecule is Oc1cc(OC2CC3CCCC(C2)N3)c2ccccc2c1. The Morgan fingerprint density at radius 3 is 2.62 bits per heavy atom. The lowest BCUT2D eigenvalue weighted by molar-refractivity contribution is 0.0938. The second-order valence-corrected chi connectivity index (χ2v) is 6.37. The highest BCUT2D eigenvalue weighted by Gasteiger charge is 2.32. The fourth-order valence-electron chi connectivity index (χ4n) is 3.85. The molecule has 2 aromatic rings. The highest BCUT2D eigenvalue weighted by Crippen LogP contribution is 2.34. The Bertz CT molecular complexity index is 643. The van der Waals surface area contributed by atoms with Crippen LogP contribution in [0.2, 0.25) is 0 Å². The van der Waals surface area contributed by atoms with E-state index in [0.29, 0.717) is 12.1 Å². The zero-order valence-electron chi connectivity index (χ0n) is 12.1. The molecule has 2 unspecified atom stereocenters. The summed E-state index contributed by atoms with van der Waals surface area (Å²) in [5.74, 6) is 1.09. The topological polar surface area (TPSA) is 41.5 Å². The maximum Gasteiger partial charge on any atom is 0.131 e. The highest BCUT2D eigenvalue weighted by atomic mass is 16.5. The molecule has 2 fully saturated rings. The molecule has 0 spiro atoms. The molecule has 2 aromatic carbocycles. The minimum absolute atomic E-state index is 0.256. The number of hydrogen-bond donors (Lipinski definition) is 2. The van der Waals surface area contributed by atoms with E-state index >= 15 is 0 Å². The third-order valence-electron chi connectivity index (χ3n) is 4.77. The van der Waals surface area contributed by atoms with Gasteiger partial charge in [0.2, 0.25) is 0 Å². The van der Waals surface area contributed by atoms with Gasteiger partial charge in [0, 0.05) is 23.5 Å². The number of fused-ring (bicyclic) bond motifs is 3. The van der Waals surface area contributed by atoms with E-state index in [0.717, 1.165) is 29.4 Å². The van der Waals surface area contributed by atoms with Crippen molar-refractivity contribution in [2.45, 2.75) is 50.3 Å². The van der Waals surface area contributed by atoms with Gasteiger partial charge >= 0.3 is 0 Å². The Kier molecular flexibility index (Phi) is 3.23. The van der Waals surface area contributed by atoms with E-state index in [2.05, 4.69) is 11.4 Å². The number of phenols is 1. The number of nitrogens with one attached hydrogen (secondary N) is 1. The highest BCUT2D eigenvalue weighted by molar-refractivity contribution is 5.89. The van der Waals surface area contributed by atoms with Crippen molar-refractivity contribution in [3.8, 4) is 11.5 Å². The number of phenolic OH excluding ortho intramolecular Hbond substituents is 1. The largest absolute Gasteiger partial charge is 0.508 e. The molecule has 2 bridgehead atoms. The molecule has 2 saturated heterocycles. The normalized spacial score (nSPS) is 28.5. The van der Waals surface area contributed by atoms with Gasteiger partial charge in [-0.2, -0.15) is 0 Å². The Balaban J connectivity index is 1.62. The van der Waals surface area contributed by atoms with Crippen LogP contribution in [0.3, 0.4) is 0 Å². The molecule has 3 nitrogen and oxygen atoms in total. The standard InChI is InChI=1S/C18H21NO2/c20-15-8-12-4-1-2-7-17(12)18(11-15)21-16-9-13-5-3-6-14(10-16)19-13/h1-2,4,7-8,11,13-14,16,19-20H,3,5-6,9-10H2. The van der Waals surface area contributed by atoms with E-state index in [1.807, 2.05) is 18.2 Å². The number of ether oxygens (including phenoxy) is 1. The quantitative estimate of drug-likeness (QED) is 0.885. The van der Waals surface area contributed by atoms with E-state index in [-0.39, 0.29) is 11.9 Å². The summed E-state index contributed by atoms with van der Waals surface area (Å²) in [7, 11) is 0. The van der Waals surface area contributed by atoms with Crippen LogP contribution in [0.4, 0.5) is 0 Å². The average molecular weight is 283 g/mol. The zero-order chi connectivity index (χ0) is 14.2. The van der Waals surface area contributed by atoms with Gasteiger partial charge < -0.3 is 15.2 Å². The van der Waals surface area contributed by atoms with Crippen molar-refractivity contribution in [3.05, 3.63) is 36.4 Å². The third kappa shape index (κ3) is 2.58. The summed E-state index contributed by atoms with van der Waals surface area (Å²) in [4.78, 5) is 0. The number of piperidine rings is 2. The van der Waals surface area contributed by atoms with Gasteiger partial charge in [-0.05, 0) is 37.1 Å². The van der Waals surface area contributed by atoms with Crippen LogP contribution in [0, 0.1) is 0 Å². The van der Waals surface area contributed by atoms with Crippen molar-refractivity contribution >= 4 is 10.8 Å². The smallest absolute Gasteiger partial charge is 0.131 e. The fraction of sp³-hybridized carbons (Fsp3) is 0.444. The molecule has 2 heterocycles. The molecular weight excluding hydrogens is 262 g/mol. The van der Waals surface area contributed by atoms with Crippen molar-refractivity contribution in [2.75, 3.05) is 0 Å². The number of aromatic hydroxyl groups is 1. The molecule has 0 aromatic heterocycles. The van der Waals surface area contributed by atoms with Gasteiger partial charge in [0.15, 0.2) is 0 Å². The molecule has 0 saturated carbocycles. The molecule has 2 aliphatic rings. The van der Waals surface area contributed by atoms with E-state index in [9.17, 15) is 5.11 Å². The Labute approximate surface area is 124 Å². The number of benzene rings is 2. The van der Waals surface area contributed by atoms with Crippen LogP contribution < -0.4 is 10.1 Å². The molecule has 0 radical (unpaired) electrons. The summed E-state index contributed by atoms with van der Waals surface area (Å²) < 4.78 is 6.29. The summed E-state index contributed by atoms with van der Waals surface area (Å²) in [5.41, 5.74) is 0. The van der Waals surface area contributed by atoms with Crippen molar-refractivity contribution < 1.29 is 9.84 Å². The Hall–Kier alpha value is -1.74. The molecule has 21 heavy (non-hydrogen) atoms. The summed E-state index contributed by atoms with van der Waals surface area (Å²) >= 11 is 0. The maximum absolute atomic E-state index is 9.91. The van der Waals surface area contributed by atoms with Gasteiger partial charge in [0.25, 0.3) is 0 Å². The summed E-state index contributed by atoms with van der Waals surface area (Å²) in [6, 6.07) is 12.8. The van der Waals surface area contributed by atoms with Gasteiger partial charge in [-0.3, -0.25) is 0 Å². The molecule has 110 valence electrons. The lowest BCUT2D eigenvalue weighted by atomic mass is 9.85. The first-order valence-electron chi connectivity index (χ1n) is 7.92. The predicted octanol–water partition coefficient (Wildman–Crippen LogP) is 3.60. The van der Waals surface area contributed by atoms with E-state index in [1.54, 1.807) is 12.1 Å². The molecular formula is C18H21NO2. The zero-order valence-corrected chi connectivity index (χ0v) is 12.1. The summed E-state index contributed by atoms with van der Waals surface area (Å²) in [5, 5.41) is 15.7. The van der Waals surface area contributed by atoms with Crippen molar-refractivity contribution in [3.63, 3.8) is 0 Å².